The first-order valence-corrected chi connectivity index (χ1v) is 7.12. The highest BCUT2D eigenvalue weighted by molar-refractivity contribution is 5.22. The van der Waals surface area contributed by atoms with Crippen LogP contribution in [0.1, 0.15) is 5.82 Å². The van der Waals surface area contributed by atoms with Crippen molar-refractivity contribution in [3.8, 4) is 11.5 Å². The molecular weight excluding hydrogens is 299 g/mol. The highest BCUT2D eigenvalue weighted by Gasteiger charge is 2.04. The summed E-state index contributed by atoms with van der Waals surface area (Å²) in [4.78, 5) is 1.44. The van der Waals surface area contributed by atoms with Crippen molar-refractivity contribution in [2.24, 2.45) is 0 Å². The summed E-state index contributed by atoms with van der Waals surface area (Å²) in [5, 5.41) is 12.0. The number of hydrogen-bond donors (Lipinski definition) is 0. The van der Waals surface area contributed by atoms with E-state index in [1.165, 1.54) is 16.9 Å². The minimum atomic E-state index is -0.293. The molecule has 0 atom stereocenters. The molecule has 0 aliphatic carbocycles. The maximum absolute atomic E-state index is 12.8. The summed E-state index contributed by atoms with van der Waals surface area (Å²) in [7, 11) is 0. The fraction of sp³-hybridized carbons (Fsp3) is 0.188. The van der Waals surface area contributed by atoms with Gasteiger partial charge in [-0.05, 0) is 41.6 Å². The Labute approximate surface area is 132 Å². The predicted molar refractivity (Wildman–Crippen MR) is 80.5 cm³/mol. The van der Waals surface area contributed by atoms with Gasteiger partial charge < -0.3 is 9.47 Å². The predicted octanol–water partition coefficient (Wildman–Crippen LogP) is 2.47. The zero-order valence-corrected chi connectivity index (χ0v) is 12.3. The maximum Gasteiger partial charge on any atom is 0.212 e. The van der Waals surface area contributed by atoms with Gasteiger partial charge in [-0.25, -0.2) is 4.39 Å². The minimum Gasteiger partial charge on any atom is -0.492 e. The van der Waals surface area contributed by atoms with Gasteiger partial charge in [-0.15, -0.1) is 10.2 Å². The van der Waals surface area contributed by atoms with Crippen molar-refractivity contribution in [1.82, 2.24) is 20.2 Å². The van der Waals surface area contributed by atoms with Crippen molar-refractivity contribution >= 4 is 0 Å². The number of ether oxygens (including phenoxy) is 2. The highest BCUT2D eigenvalue weighted by Crippen LogP contribution is 2.11. The van der Waals surface area contributed by atoms with E-state index < -0.39 is 0 Å². The van der Waals surface area contributed by atoms with Crippen molar-refractivity contribution < 1.29 is 13.9 Å². The Kier molecular flexibility index (Phi) is 4.78. The molecule has 1 heterocycles. The number of aromatic nitrogens is 4. The summed E-state index contributed by atoms with van der Waals surface area (Å²) in [6.07, 6.45) is 0. The Balaban J connectivity index is 1.44. The van der Waals surface area contributed by atoms with E-state index in [2.05, 4.69) is 15.4 Å². The third kappa shape index (κ3) is 4.50. The summed E-state index contributed by atoms with van der Waals surface area (Å²) in [6.45, 7) is 1.06. The van der Waals surface area contributed by atoms with Crippen LogP contribution in [0.2, 0.25) is 0 Å². The number of hydrogen-bond acceptors (Lipinski definition) is 5. The standard InChI is InChI=1S/C16H15FN4O2/c17-13-6-8-15(9-7-13)22-11-10-21-19-16(18-20-21)12-23-14-4-2-1-3-5-14/h1-9H,10-12H2. The summed E-state index contributed by atoms with van der Waals surface area (Å²) in [5.74, 6) is 1.55. The Morgan fingerprint density at radius 2 is 1.65 bits per heavy atom. The largest absolute Gasteiger partial charge is 0.492 e. The van der Waals surface area contributed by atoms with Gasteiger partial charge >= 0.3 is 0 Å². The lowest BCUT2D eigenvalue weighted by Crippen LogP contribution is -2.11. The second-order valence-corrected chi connectivity index (χ2v) is 4.71. The van der Waals surface area contributed by atoms with Crippen LogP contribution in [-0.4, -0.2) is 26.8 Å². The molecule has 6 nitrogen and oxygen atoms in total. The highest BCUT2D eigenvalue weighted by atomic mass is 19.1. The van der Waals surface area contributed by atoms with Gasteiger partial charge in [0.15, 0.2) is 6.61 Å². The molecule has 0 fully saturated rings. The fourth-order valence-electron chi connectivity index (χ4n) is 1.87. The topological polar surface area (TPSA) is 62.1 Å². The molecular formula is C16H15FN4O2. The zero-order valence-electron chi connectivity index (χ0n) is 12.3. The van der Waals surface area contributed by atoms with Crippen molar-refractivity contribution in [2.75, 3.05) is 6.61 Å². The molecule has 0 radical (unpaired) electrons. The van der Waals surface area contributed by atoms with E-state index in [4.69, 9.17) is 9.47 Å². The molecule has 0 spiro atoms. The van der Waals surface area contributed by atoms with E-state index in [9.17, 15) is 4.39 Å². The van der Waals surface area contributed by atoms with Crippen LogP contribution in [-0.2, 0) is 13.2 Å². The molecule has 0 saturated carbocycles. The van der Waals surface area contributed by atoms with Crippen LogP contribution in [0.15, 0.2) is 54.6 Å². The number of tetrazole rings is 1. The lowest BCUT2D eigenvalue weighted by molar-refractivity contribution is 0.276. The van der Waals surface area contributed by atoms with Gasteiger partial charge in [0, 0.05) is 0 Å². The third-order valence-electron chi connectivity index (χ3n) is 2.98. The molecule has 118 valence electrons. The monoisotopic (exact) mass is 314 g/mol. The Morgan fingerprint density at radius 3 is 2.43 bits per heavy atom. The van der Waals surface area contributed by atoms with Crippen LogP contribution < -0.4 is 9.47 Å². The van der Waals surface area contributed by atoms with E-state index in [1.807, 2.05) is 30.3 Å². The molecule has 1 aromatic heterocycles. The molecule has 0 saturated heterocycles. The van der Waals surface area contributed by atoms with Gasteiger partial charge in [0.05, 0.1) is 6.54 Å². The average Bonchev–Trinajstić information content (AvgIpc) is 3.04. The molecule has 3 aromatic rings. The third-order valence-corrected chi connectivity index (χ3v) is 2.98. The number of halogens is 1. The molecule has 0 aliphatic heterocycles. The molecule has 7 heteroatoms. The molecule has 0 aliphatic rings. The average molecular weight is 314 g/mol. The van der Waals surface area contributed by atoms with Crippen LogP contribution in [0, 0.1) is 5.82 Å². The first-order valence-electron chi connectivity index (χ1n) is 7.12. The molecule has 0 unspecified atom stereocenters. The van der Waals surface area contributed by atoms with E-state index in [0.717, 1.165) is 5.75 Å². The summed E-state index contributed by atoms with van der Waals surface area (Å²) < 4.78 is 23.8. The molecule has 0 amide bonds. The first-order chi connectivity index (χ1) is 11.3. The van der Waals surface area contributed by atoms with Crippen LogP contribution in [0.3, 0.4) is 0 Å². The van der Waals surface area contributed by atoms with Crippen LogP contribution in [0.4, 0.5) is 4.39 Å². The molecule has 2 aromatic carbocycles. The lowest BCUT2D eigenvalue weighted by atomic mass is 10.3. The summed E-state index contributed by atoms with van der Waals surface area (Å²) >= 11 is 0. The second-order valence-electron chi connectivity index (χ2n) is 4.71. The van der Waals surface area contributed by atoms with Gasteiger partial charge in [0.2, 0.25) is 5.82 Å². The summed E-state index contributed by atoms with van der Waals surface area (Å²) in [6, 6.07) is 15.3. The molecule has 0 N–H and O–H groups in total. The van der Waals surface area contributed by atoms with Crippen LogP contribution in [0.5, 0.6) is 11.5 Å². The lowest BCUT2D eigenvalue weighted by Gasteiger charge is -2.04. The fourth-order valence-corrected chi connectivity index (χ4v) is 1.87. The Hall–Kier alpha value is -2.96. The van der Waals surface area contributed by atoms with Crippen molar-refractivity contribution in [1.29, 1.82) is 0 Å². The van der Waals surface area contributed by atoms with Gasteiger partial charge in [-0.2, -0.15) is 4.80 Å². The number of nitrogens with zero attached hydrogens (tertiary/aromatic N) is 4. The normalized spacial score (nSPS) is 10.5. The van der Waals surface area contributed by atoms with Crippen LogP contribution in [0.25, 0.3) is 0 Å². The van der Waals surface area contributed by atoms with E-state index >= 15 is 0 Å². The van der Waals surface area contributed by atoms with E-state index in [0.29, 0.717) is 24.7 Å². The quantitative estimate of drug-likeness (QED) is 0.670. The van der Waals surface area contributed by atoms with E-state index in [-0.39, 0.29) is 12.4 Å². The Morgan fingerprint density at radius 1 is 0.913 bits per heavy atom. The Bertz CT molecular complexity index is 731. The number of para-hydroxylation sites is 1. The maximum atomic E-state index is 12.8. The van der Waals surface area contributed by atoms with Crippen molar-refractivity contribution in [3.63, 3.8) is 0 Å². The number of rotatable bonds is 7. The van der Waals surface area contributed by atoms with Crippen LogP contribution >= 0.6 is 0 Å². The summed E-state index contributed by atoms with van der Waals surface area (Å²) in [5.41, 5.74) is 0. The SMILES string of the molecule is Fc1ccc(OCCn2nnc(COc3ccccc3)n2)cc1. The van der Waals surface area contributed by atoms with Crippen molar-refractivity contribution in [2.45, 2.75) is 13.2 Å². The van der Waals surface area contributed by atoms with Gasteiger partial charge in [-0.3, -0.25) is 0 Å². The second kappa shape index (κ2) is 7.35. The van der Waals surface area contributed by atoms with Gasteiger partial charge in [-0.1, -0.05) is 18.2 Å². The molecule has 23 heavy (non-hydrogen) atoms. The minimum absolute atomic E-state index is 0.253. The first kappa shape index (κ1) is 15.0. The molecule has 0 bridgehead atoms. The molecule has 3 rings (SSSR count). The van der Waals surface area contributed by atoms with Gasteiger partial charge in [0.25, 0.3) is 0 Å². The van der Waals surface area contributed by atoms with E-state index in [1.54, 1.807) is 12.1 Å². The zero-order chi connectivity index (χ0) is 15.9. The number of benzene rings is 2. The smallest absolute Gasteiger partial charge is 0.212 e. The van der Waals surface area contributed by atoms with Gasteiger partial charge in [0.1, 0.15) is 23.9 Å². The van der Waals surface area contributed by atoms with Crippen molar-refractivity contribution in [3.05, 3.63) is 66.2 Å².